The average Bonchev–Trinajstić information content (AvgIpc) is 2.66. The van der Waals surface area contributed by atoms with E-state index in [0.717, 1.165) is 62.8 Å². The van der Waals surface area contributed by atoms with E-state index in [0.29, 0.717) is 25.6 Å². The molecule has 31 heavy (non-hydrogen) atoms. The summed E-state index contributed by atoms with van der Waals surface area (Å²) in [7, 11) is 0. The summed E-state index contributed by atoms with van der Waals surface area (Å²) in [4.78, 5) is 17.7. The van der Waals surface area contributed by atoms with E-state index in [1.807, 2.05) is 32.9 Å². The lowest BCUT2D eigenvalue weighted by Gasteiger charge is -2.39. The van der Waals surface area contributed by atoms with Crippen LogP contribution in [0.15, 0.2) is 22.8 Å². The van der Waals surface area contributed by atoms with Crippen LogP contribution < -0.4 is 4.74 Å². The third-order valence-corrected chi connectivity index (χ3v) is 5.14. The summed E-state index contributed by atoms with van der Waals surface area (Å²) in [6.45, 7) is 9.91. The molecule has 1 aliphatic rings. The lowest BCUT2D eigenvalue weighted by Crippen LogP contribution is -2.55. The topological polar surface area (TPSA) is 70.1 Å². The minimum atomic E-state index is -0.447. The summed E-state index contributed by atoms with van der Waals surface area (Å²) in [5.74, 6) is 0.668. The number of pyridine rings is 1. The van der Waals surface area contributed by atoms with Crippen LogP contribution in [0.4, 0.5) is 4.79 Å². The van der Waals surface area contributed by atoms with E-state index >= 15 is 0 Å². The number of rotatable bonds is 14. The average molecular weight is 501 g/mol. The van der Waals surface area contributed by atoms with E-state index in [2.05, 4.69) is 20.9 Å². The van der Waals surface area contributed by atoms with Crippen molar-refractivity contribution in [2.45, 2.75) is 71.0 Å². The molecule has 1 saturated heterocycles. The van der Waals surface area contributed by atoms with Crippen molar-refractivity contribution in [1.82, 2.24) is 9.88 Å². The Morgan fingerprint density at radius 1 is 1.03 bits per heavy atom. The van der Waals surface area contributed by atoms with Gasteiger partial charge < -0.3 is 23.8 Å². The number of halogens is 1. The molecule has 0 aromatic carbocycles. The Morgan fingerprint density at radius 3 is 2.29 bits per heavy atom. The van der Waals surface area contributed by atoms with Gasteiger partial charge >= 0.3 is 6.09 Å². The number of hydrogen-bond donors (Lipinski definition) is 0. The highest BCUT2D eigenvalue weighted by Gasteiger charge is 2.34. The van der Waals surface area contributed by atoms with Gasteiger partial charge in [0.05, 0.1) is 25.8 Å². The van der Waals surface area contributed by atoms with Crippen molar-refractivity contribution >= 4 is 22.0 Å². The van der Waals surface area contributed by atoms with Crippen LogP contribution in [0.2, 0.25) is 0 Å². The second kappa shape index (κ2) is 13.9. The van der Waals surface area contributed by atoms with Gasteiger partial charge in [0.1, 0.15) is 5.60 Å². The van der Waals surface area contributed by atoms with Crippen LogP contribution in [0, 0.1) is 0 Å². The Labute approximate surface area is 194 Å². The molecule has 1 aromatic heterocycles. The maximum atomic E-state index is 11.9. The third kappa shape index (κ3) is 11.7. The van der Waals surface area contributed by atoms with Crippen LogP contribution in [-0.4, -0.2) is 67.2 Å². The van der Waals surface area contributed by atoms with Crippen LogP contribution in [0.1, 0.15) is 59.3 Å². The molecule has 8 heteroatoms. The fourth-order valence-corrected chi connectivity index (χ4v) is 3.20. The number of likely N-dealkylation sites (tertiary alicyclic amines) is 1. The van der Waals surface area contributed by atoms with E-state index in [-0.39, 0.29) is 12.2 Å². The van der Waals surface area contributed by atoms with Crippen LogP contribution in [0.25, 0.3) is 0 Å². The molecule has 2 heterocycles. The van der Waals surface area contributed by atoms with Gasteiger partial charge in [0.25, 0.3) is 0 Å². The van der Waals surface area contributed by atoms with Gasteiger partial charge in [-0.05, 0) is 81.3 Å². The Bertz CT molecular complexity index is 630. The summed E-state index contributed by atoms with van der Waals surface area (Å²) < 4.78 is 23.4. The highest BCUT2D eigenvalue weighted by atomic mass is 79.9. The van der Waals surface area contributed by atoms with Crippen molar-refractivity contribution in [3.05, 3.63) is 22.8 Å². The normalized spacial score (nSPS) is 14.4. The van der Waals surface area contributed by atoms with E-state index in [1.165, 1.54) is 0 Å². The number of carbonyl (C=O) groups is 1. The quantitative estimate of drug-likeness (QED) is 0.326. The lowest BCUT2D eigenvalue weighted by atomic mass is 10.1. The first-order valence-corrected chi connectivity index (χ1v) is 12.0. The predicted molar refractivity (Wildman–Crippen MR) is 124 cm³/mol. The van der Waals surface area contributed by atoms with Gasteiger partial charge in [0.2, 0.25) is 5.88 Å². The Kier molecular flexibility index (Phi) is 11.6. The van der Waals surface area contributed by atoms with Gasteiger partial charge in [0, 0.05) is 36.6 Å². The van der Waals surface area contributed by atoms with Crippen molar-refractivity contribution in [1.29, 1.82) is 0 Å². The number of aromatic nitrogens is 1. The smallest absolute Gasteiger partial charge is 0.410 e. The zero-order valence-corrected chi connectivity index (χ0v) is 20.7. The molecule has 0 N–H and O–H groups in total. The van der Waals surface area contributed by atoms with E-state index in [9.17, 15) is 4.79 Å². The Balaban J connectivity index is 1.30. The van der Waals surface area contributed by atoms with Crippen molar-refractivity contribution in [3.8, 4) is 5.88 Å². The molecular weight excluding hydrogens is 464 g/mol. The van der Waals surface area contributed by atoms with Crippen LogP contribution >= 0.6 is 15.9 Å². The molecule has 0 unspecified atom stereocenters. The van der Waals surface area contributed by atoms with E-state index < -0.39 is 5.60 Å². The molecular formula is C23H37BrN2O5. The molecule has 1 aliphatic heterocycles. The van der Waals surface area contributed by atoms with Crippen molar-refractivity contribution < 1.29 is 23.7 Å². The minimum absolute atomic E-state index is 0.146. The lowest BCUT2D eigenvalue weighted by molar-refractivity contribution is -0.0638. The molecule has 1 amide bonds. The Morgan fingerprint density at radius 2 is 1.68 bits per heavy atom. The maximum Gasteiger partial charge on any atom is 0.410 e. The van der Waals surface area contributed by atoms with Crippen molar-refractivity contribution in [2.75, 3.05) is 39.5 Å². The summed E-state index contributed by atoms with van der Waals surface area (Å²) in [5, 5.41) is 0. The first kappa shape index (κ1) is 25.9. The number of nitrogens with zero attached hydrogens (tertiary/aromatic N) is 2. The molecule has 0 radical (unpaired) electrons. The fourth-order valence-electron chi connectivity index (χ4n) is 2.96. The van der Waals surface area contributed by atoms with Crippen LogP contribution in [-0.2, 0) is 14.2 Å². The molecule has 0 aliphatic carbocycles. The molecule has 7 nitrogen and oxygen atoms in total. The largest absolute Gasteiger partial charge is 0.478 e. The Hall–Kier alpha value is -1.38. The number of unbranched alkanes of at least 4 members (excludes halogenated alkanes) is 4. The highest BCUT2D eigenvalue weighted by Crippen LogP contribution is 2.17. The molecule has 0 spiro atoms. The van der Waals surface area contributed by atoms with Gasteiger partial charge in [-0.2, -0.15) is 0 Å². The van der Waals surface area contributed by atoms with Gasteiger partial charge in [-0.25, -0.2) is 9.78 Å². The van der Waals surface area contributed by atoms with Gasteiger partial charge in [-0.15, -0.1) is 0 Å². The standard InChI is InChI=1S/C23H37BrN2O5/c1-23(2,3)31-22(27)26-17-20(18-26)29-14-8-4-6-12-28-13-7-5-9-15-30-21-11-10-19(24)16-25-21/h10-11,16,20H,4-9,12-15,17-18H2,1-3H3. The number of carbonyl (C=O) groups excluding carboxylic acids is 1. The third-order valence-electron chi connectivity index (χ3n) is 4.67. The van der Waals surface area contributed by atoms with Gasteiger partial charge in [0.15, 0.2) is 0 Å². The summed E-state index contributed by atoms with van der Waals surface area (Å²) in [5.41, 5.74) is -0.447. The van der Waals surface area contributed by atoms with Crippen molar-refractivity contribution in [3.63, 3.8) is 0 Å². The number of amides is 1. The molecule has 2 rings (SSSR count). The number of hydrogen-bond acceptors (Lipinski definition) is 6. The predicted octanol–water partition coefficient (Wildman–Crippen LogP) is 5.22. The van der Waals surface area contributed by atoms with Crippen molar-refractivity contribution in [2.24, 2.45) is 0 Å². The second-order valence-electron chi connectivity index (χ2n) is 8.77. The molecule has 0 saturated carbocycles. The summed E-state index contributed by atoms with van der Waals surface area (Å²) in [6, 6.07) is 3.79. The van der Waals surface area contributed by atoms with E-state index in [1.54, 1.807) is 11.1 Å². The second-order valence-corrected chi connectivity index (χ2v) is 9.69. The van der Waals surface area contributed by atoms with Crippen LogP contribution in [0.3, 0.4) is 0 Å². The molecule has 0 atom stereocenters. The highest BCUT2D eigenvalue weighted by molar-refractivity contribution is 9.10. The first-order chi connectivity index (χ1) is 14.8. The fraction of sp³-hybridized carbons (Fsp3) is 0.739. The molecule has 176 valence electrons. The monoisotopic (exact) mass is 500 g/mol. The zero-order chi connectivity index (χ0) is 22.5. The summed E-state index contributed by atoms with van der Waals surface area (Å²) >= 11 is 3.36. The minimum Gasteiger partial charge on any atom is -0.478 e. The van der Waals surface area contributed by atoms with E-state index in [4.69, 9.17) is 18.9 Å². The van der Waals surface area contributed by atoms with Gasteiger partial charge in [-0.3, -0.25) is 0 Å². The zero-order valence-electron chi connectivity index (χ0n) is 19.1. The first-order valence-electron chi connectivity index (χ1n) is 11.2. The number of ether oxygens (including phenoxy) is 4. The van der Waals surface area contributed by atoms with Gasteiger partial charge in [-0.1, -0.05) is 0 Å². The summed E-state index contributed by atoms with van der Waals surface area (Å²) in [6.07, 6.45) is 7.95. The maximum absolute atomic E-state index is 11.9. The van der Waals surface area contributed by atoms with Crippen LogP contribution in [0.5, 0.6) is 5.88 Å². The molecule has 1 fully saturated rings. The SMILES string of the molecule is CC(C)(C)OC(=O)N1CC(OCCCCCOCCCCCOc2ccc(Br)cn2)C1. The molecule has 1 aromatic rings. The molecule has 0 bridgehead atoms.